The highest BCUT2D eigenvalue weighted by Gasteiger charge is 2.62. The first-order valence-corrected chi connectivity index (χ1v) is 29.9. The molecule has 0 saturated heterocycles. The van der Waals surface area contributed by atoms with E-state index in [9.17, 15) is 0 Å². The molecule has 17 rings (SSSR count). The molecule has 4 fully saturated rings. The van der Waals surface area contributed by atoms with Gasteiger partial charge in [0.05, 0.1) is 11.0 Å². The van der Waals surface area contributed by atoms with Crippen LogP contribution in [0.2, 0.25) is 13.1 Å². The highest BCUT2D eigenvalue weighted by Crippen LogP contribution is 2.70. The summed E-state index contributed by atoms with van der Waals surface area (Å²) in [6.07, 6.45) is 6.80. The summed E-state index contributed by atoms with van der Waals surface area (Å²) >= 11 is 0. The second-order valence-corrected chi connectivity index (χ2v) is 27.0. The van der Waals surface area contributed by atoms with E-state index in [0.717, 1.165) is 39.8 Å². The van der Waals surface area contributed by atoms with Crippen molar-refractivity contribution in [3.05, 3.63) is 217 Å². The molecule has 1 spiro atoms. The molecule has 354 valence electrons. The standard InChI is InChI=1S/C69H54N4Si/c1-74(2)61-27-14-11-20-52(61)56-41-47(32-35-62(56)74)63-55(33-34-58-65(63)53-21-9-12-24-57(53)69(58)48-37-42-36-43(39-48)40-49(69)38-42)68-71-66(45-16-5-3-6-17-45)70-67(72-68)46-30-28-44(29-31-46)51-23-15-26-60-64(51)54-22-10-13-25-59(54)73(60)50-18-7-4-8-19-50/h3-35,41-43,48-49H,36-40H2,1-2H3. The van der Waals surface area contributed by atoms with Crippen molar-refractivity contribution in [1.82, 2.24) is 19.5 Å². The van der Waals surface area contributed by atoms with Crippen LogP contribution in [-0.2, 0) is 5.41 Å². The largest absolute Gasteiger partial charge is 0.309 e. The maximum absolute atomic E-state index is 5.59. The second-order valence-electron chi connectivity index (χ2n) is 22.7. The Morgan fingerprint density at radius 1 is 0.405 bits per heavy atom. The summed E-state index contributed by atoms with van der Waals surface area (Å²) in [5, 5.41) is 5.53. The zero-order chi connectivity index (χ0) is 48.9. The van der Waals surface area contributed by atoms with Crippen molar-refractivity contribution in [2.75, 3.05) is 0 Å². The number of aromatic nitrogens is 4. The number of rotatable bonds is 6. The number of benzene rings is 9. The lowest BCUT2D eigenvalue weighted by Gasteiger charge is -2.61. The molecule has 0 amide bonds. The van der Waals surface area contributed by atoms with Crippen LogP contribution in [0.15, 0.2) is 206 Å². The van der Waals surface area contributed by atoms with Gasteiger partial charge in [0.2, 0.25) is 0 Å². The van der Waals surface area contributed by atoms with Gasteiger partial charge in [-0.15, -0.1) is 0 Å². The molecular weight excluding hydrogens is 913 g/mol. The fourth-order valence-electron chi connectivity index (χ4n) is 15.9. The normalized spacial score (nSPS) is 21.3. The van der Waals surface area contributed by atoms with Gasteiger partial charge in [0, 0.05) is 44.1 Å². The quantitative estimate of drug-likeness (QED) is 0.156. The molecule has 5 heteroatoms. The predicted octanol–water partition coefficient (Wildman–Crippen LogP) is 15.8. The van der Waals surface area contributed by atoms with E-state index in [-0.39, 0.29) is 5.41 Å². The van der Waals surface area contributed by atoms with Crippen LogP contribution in [0.4, 0.5) is 0 Å². The molecule has 1 aliphatic heterocycles. The molecule has 3 heterocycles. The lowest BCUT2D eigenvalue weighted by atomic mass is 9.43. The third-order valence-electron chi connectivity index (χ3n) is 18.7. The predicted molar refractivity (Wildman–Crippen MR) is 307 cm³/mol. The summed E-state index contributed by atoms with van der Waals surface area (Å²) in [5.74, 6) is 5.09. The third kappa shape index (κ3) is 5.93. The van der Waals surface area contributed by atoms with Gasteiger partial charge in [0.25, 0.3) is 0 Å². The number of nitrogens with zero attached hydrogens (tertiary/aromatic N) is 4. The van der Waals surface area contributed by atoms with Crippen molar-refractivity contribution < 1.29 is 0 Å². The van der Waals surface area contributed by atoms with Crippen LogP contribution < -0.4 is 10.4 Å². The lowest BCUT2D eigenvalue weighted by Crippen LogP contribution is -2.55. The SMILES string of the molecule is C[Si]1(C)c2ccccc2-c2cc(-c3c(-c4nc(-c5ccccc5)nc(-c5ccc(-c6cccc7c6c6ccccc6n7-c6ccccc6)cc5)n4)ccc4c3-c3ccccc3C43C4CC5CC(C4)CC3C5)ccc21. The Balaban J connectivity index is 0.906. The summed E-state index contributed by atoms with van der Waals surface area (Å²) < 4.78 is 2.39. The van der Waals surface area contributed by atoms with Crippen LogP contribution in [0, 0.1) is 23.7 Å². The van der Waals surface area contributed by atoms with Crippen LogP contribution in [0.5, 0.6) is 0 Å². The van der Waals surface area contributed by atoms with Gasteiger partial charge in [0.15, 0.2) is 17.5 Å². The first-order chi connectivity index (χ1) is 36.4. The average Bonchev–Trinajstić information content (AvgIpc) is 4.06. The Kier molecular flexibility index (Phi) is 9.05. The minimum atomic E-state index is -1.90. The van der Waals surface area contributed by atoms with E-state index in [4.69, 9.17) is 15.0 Å². The van der Waals surface area contributed by atoms with Crippen LogP contribution in [-0.4, -0.2) is 27.6 Å². The molecular formula is C69H54N4Si. The van der Waals surface area contributed by atoms with Gasteiger partial charge in [-0.25, -0.2) is 15.0 Å². The molecule has 74 heavy (non-hydrogen) atoms. The topological polar surface area (TPSA) is 43.6 Å². The third-order valence-corrected chi connectivity index (χ3v) is 22.2. The highest BCUT2D eigenvalue weighted by atomic mass is 28.3. The number of para-hydroxylation sites is 2. The smallest absolute Gasteiger partial charge is 0.164 e. The average molecular weight is 967 g/mol. The van der Waals surface area contributed by atoms with Gasteiger partial charge in [0.1, 0.15) is 8.07 Å². The van der Waals surface area contributed by atoms with Gasteiger partial charge < -0.3 is 4.57 Å². The Morgan fingerprint density at radius 2 is 0.986 bits per heavy atom. The minimum absolute atomic E-state index is 0.0207. The highest BCUT2D eigenvalue weighted by molar-refractivity contribution is 7.03. The monoisotopic (exact) mass is 966 g/mol. The molecule has 5 aliphatic carbocycles. The van der Waals surface area contributed by atoms with Crippen molar-refractivity contribution in [3.8, 4) is 84.4 Å². The Bertz CT molecular complexity index is 4090. The van der Waals surface area contributed by atoms with Crippen LogP contribution >= 0.6 is 0 Å². The van der Waals surface area contributed by atoms with Crippen molar-refractivity contribution in [1.29, 1.82) is 0 Å². The van der Waals surface area contributed by atoms with E-state index < -0.39 is 8.07 Å². The molecule has 0 unspecified atom stereocenters. The zero-order valence-electron chi connectivity index (χ0n) is 41.8. The fraction of sp³-hybridized carbons (Fsp3) is 0.174. The van der Waals surface area contributed by atoms with Crippen LogP contribution in [0.3, 0.4) is 0 Å². The van der Waals surface area contributed by atoms with Crippen LogP contribution in [0.25, 0.3) is 106 Å². The number of hydrogen-bond donors (Lipinski definition) is 0. The van der Waals surface area contributed by atoms with Crippen molar-refractivity contribution >= 4 is 40.3 Å². The van der Waals surface area contributed by atoms with Gasteiger partial charge in [-0.2, -0.15) is 0 Å². The molecule has 0 N–H and O–H groups in total. The van der Waals surface area contributed by atoms with Crippen molar-refractivity contribution in [3.63, 3.8) is 0 Å². The first-order valence-electron chi connectivity index (χ1n) is 26.9. The molecule has 9 aromatic carbocycles. The van der Waals surface area contributed by atoms with Gasteiger partial charge in [-0.05, 0) is 147 Å². The van der Waals surface area contributed by atoms with E-state index in [0.29, 0.717) is 29.3 Å². The Morgan fingerprint density at radius 3 is 1.76 bits per heavy atom. The summed E-state index contributed by atoms with van der Waals surface area (Å²) in [4.78, 5) is 16.4. The molecule has 0 radical (unpaired) electrons. The van der Waals surface area contributed by atoms with Gasteiger partial charge >= 0.3 is 0 Å². The first kappa shape index (κ1) is 42.5. The molecule has 11 aromatic rings. The minimum Gasteiger partial charge on any atom is -0.309 e. The fourth-order valence-corrected chi connectivity index (χ4v) is 18.9. The van der Waals surface area contributed by atoms with Gasteiger partial charge in [-0.1, -0.05) is 189 Å². The van der Waals surface area contributed by atoms with E-state index >= 15 is 0 Å². The maximum Gasteiger partial charge on any atom is 0.164 e. The van der Waals surface area contributed by atoms with E-state index in [1.54, 1.807) is 5.56 Å². The molecule has 4 nitrogen and oxygen atoms in total. The van der Waals surface area contributed by atoms with Crippen LogP contribution in [0.1, 0.15) is 43.2 Å². The summed E-state index contributed by atoms with van der Waals surface area (Å²) in [6, 6.07) is 76.7. The molecule has 4 bridgehead atoms. The van der Waals surface area contributed by atoms with E-state index in [1.807, 2.05) is 0 Å². The van der Waals surface area contributed by atoms with Gasteiger partial charge in [-0.3, -0.25) is 0 Å². The van der Waals surface area contributed by atoms with Crippen molar-refractivity contribution in [2.45, 2.75) is 50.6 Å². The summed E-state index contributed by atoms with van der Waals surface area (Å²) in [6.45, 7) is 5.04. The molecule has 0 atom stereocenters. The van der Waals surface area contributed by atoms with Crippen molar-refractivity contribution in [2.24, 2.45) is 23.7 Å². The van der Waals surface area contributed by atoms with E-state index in [1.165, 1.54) is 109 Å². The number of fused-ring (bicyclic) bond motifs is 9. The lowest BCUT2D eigenvalue weighted by molar-refractivity contribution is -0.0399. The number of hydrogen-bond acceptors (Lipinski definition) is 3. The molecule has 2 aromatic heterocycles. The second kappa shape index (κ2) is 15.8. The maximum atomic E-state index is 5.59. The molecule has 4 saturated carbocycles. The Labute approximate surface area is 433 Å². The Hall–Kier alpha value is -7.99. The molecule has 6 aliphatic rings. The summed E-state index contributed by atoms with van der Waals surface area (Å²) in [5.41, 5.74) is 20.0. The zero-order valence-corrected chi connectivity index (χ0v) is 42.8. The van der Waals surface area contributed by atoms with E-state index in [2.05, 4.69) is 224 Å². The summed E-state index contributed by atoms with van der Waals surface area (Å²) in [7, 11) is -1.90.